The molecule has 0 bridgehead atoms. The molecule has 0 amide bonds. The zero-order valence-corrected chi connectivity index (χ0v) is 21.7. The van der Waals surface area contributed by atoms with E-state index in [1.807, 2.05) is 24.3 Å². The number of hydrogen-bond acceptors (Lipinski definition) is 4. The second kappa shape index (κ2) is 16.3. The van der Waals surface area contributed by atoms with Gasteiger partial charge in [-0.05, 0) is 70.3 Å². The predicted octanol–water partition coefficient (Wildman–Crippen LogP) is 6.57. The van der Waals surface area contributed by atoms with E-state index in [1.165, 1.54) is 12.0 Å². The summed E-state index contributed by atoms with van der Waals surface area (Å²) in [5, 5.41) is 28.1. The van der Waals surface area contributed by atoms with Gasteiger partial charge in [-0.15, -0.1) is 0 Å². The Balaban J connectivity index is 0.000000546. The van der Waals surface area contributed by atoms with Gasteiger partial charge in [-0.2, -0.15) is 0 Å². The molecule has 0 aliphatic carbocycles. The maximum absolute atomic E-state index is 10.5. The van der Waals surface area contributed by atoms with Crippen molar-refractivity contribution in [3.8, 4) is 5.75 Å². The normalized spacial score (nSPS) is 12.0. The number of aliphatic hydroxyl groups excluding tert-OH is 1. The van der Waals surface area contributed by atoms with Crippen molar-refractivity contribution >= 4 is 5.97 Å². The largest absolute Gasteiger partial charge is 0.508 e. The molecule has 190 valence electrons. The minimum Gasteiger partial charge on any atom is -0.508 e. The summed E-state index contributed by atoms with van der Waals surface area (Å²) in [7, 11) is 0. The quantitative estimate of drug-likeness (QED) is 0.288. The Morgan fingerprint density at radius 2 is 1.59 bits per heavy atom. The number of carboxylic acid groups (broad SMARTS) is 1. The molecule has 0 unspecified atom stereocenters. The van der Waals surface area contributed by atoms with E-state index in [-0.39, 0.29) is 12.5 Å². The average Bonchev–Trinajstić information content (AvgIpc) is 2.80. The Morgan fingerprint density at radius 1 is 0.941 bits per heavy atom. The molecule has 2 aromatic carbocycles. The van der Waals surface area contributed by atoms with Crippen LogP contribution in [0.4, 0.5) is 0 Å². The first kappa shape index (κ1) is 29.7. The Bertz CT molecular complexity index is 812. The van der Waals surface area contributed by atoms with Gasteiger partial charge >= 0.3 is 5.97 Å². The first-order valence-electron chi connectivity index (χ1n) is 12.7. The van der Waals surface area contributed by atoms with E-state index in [2.05, 4.69) is 51.7 Å². The third-order valence-electron chi connectivity index (χ3n) is 6.10. The zero-order chi connectivity index (χ0) is 25.5. The number of rotatable bonds is 13. The van der Waals surface area contributed by atoms with Crippen molar-refractivity contribution in [2.75, 3.05) is 6.54 Å². The molecule has 0 aromatic heterocycles. The van der Waals surface area contributed by atoms with Crippen LogP contribution in [0.5, 0.6) is 5.75 Å². The fourth-order valence-electron chi connectivity index (χ4n) is 4.26. The lowest BCUT2D eigenvalue weighted by molar-refractivity contribution is -0.137. The molecule has 3 N–H and O–H groups in total. The Kier molecular flexibility index (Phi) is 14.2. The second-order valence-electron chi connectivity index (χ2n) is 9.43. The van der Waals surface area contributed by atoms with Crippen LogP contribution >= 0.6 is 0 Å². The summed E-state index contributed by atoms with van der Waals surface area (Å²) in [6, 6.07) is 16.7. The molecule has 34 heavy (non-hydrogen) atoms. The molecule has 1 atom stereocenters. The molecule has 0 radical (unpaired) electrons. The van der Waals surface area contributed by atoms with Crippen molar-refractivity contribution in [3.63, 3.8) is 0 Å². The van der Waals surface area contributed by atoms with Crippen LogP contribution in [0, 0.1) is 0 Å². The Hall–Kier alpha value is -2.37. The van der Waals surface area contributed by atoms with Crippen LogP contribution in [0.1, 0.15) is 95.8 Å². The average molecular weight is 472 g/mol. The molecule has 0 spiro atoms. The molecule has 5 heteroatoms. The fourth-order valence-corrected chi connectivity index (χ4v) is 4.26. The van der Waals surface area contributed by atoms with Crippen LogP contribution < -0.4 is 0 Å². The van der Waals surface area contributed by atoms with Crippen LogP contribution in [0.25, 0.3) is 0 Å². The number of phenols is 1. The first-order chi connectivity index (χ1) is 16.2. The summed E-state index contributed by atoms with van der Waals surface area (Å²) < 4.78 is 0. The van der Waals surface area contributed by atoms with Crippen molar-refractivity contribution in [1.82, 2.24) is 4.90 Å². The van der Waals surface area contributed by atoms with Gasteiger partial charge < -0.3 is 15.3 Å². The summed E-state index contributed by atoms with van der Waals surface area (Å²) in [4.78, 5) is 12.4. The summed E-state index contributed by atoms with van der Waals surface area (Å²) >= 11 is 0. The van der Waals surface area contributed by atoms with Crippen molar-refractivity contribution in [1.29, 1.82) is 0 Å². The number of aromatic hydroxyl groups is 1. The Morgan fingerprint density at radius 3 is 2.12 bits per heavy atom. The van der Waals surface area contributed by atoms with Crippen molar-refractivity contribution in [2.24, 2.45) is 0 Å². The van der Waals surface area contributed by atoms with Crippen LogP contribution in [0.15, 0.2) is 48.5 Å². The maximum atomic E-state index is 10.5. The molecular weight excluding hydrogens is 426 g/mol. The van der Waals surface area contributed by atoms with Crippen molar-refractivity contribution < 1.29 is 20.1 Å². The molecule has 5 nitrogen and oxygen atoms in total. The van der Waals surface area contributed by atoms with E-state index in [9.17, 15) is 15.0 Å². The van der Waals surface area contributed by atoms with E-state index in [0.717, 1.165) is 43.4 Å². The predicted molar refractivity (Wildman–Crippen MR) is 140 cm³/mol. The van der Waals surface area contributed by atoms with Crippen molar-refractivity contribution in [3.05, 3.63) is 65.2 Å². The van der Waals surface area contributed by atoms with E-state index in [1.54, 1.807) is 12.1 Å². The highest BCUT2D eigenvalue weighted by Crippen LogP contribution is 2.35. The highest BCUT2D eigenvalue weighted by molar-refractivity contribution is 5.66. The van der Waals surface area contributed by atoms with Crippen LogP contribution in [-0.2, 0) is 11.4 Å². The molecule has 0 aliphatic rings. The molecule has 0 saturated carbocycles. The molecule has 0 fully saturated rings. The smallest absolute Gasteiger partial charge is 0.303 e. The van der Waals surface area contributed by atoms with Crippen LogP contribution in [-0.4, -0.2) is 44.8 Å². The highest BCUT2D eigenvalue weighted by atomic mass is 16.4. The zero-order valence-electron chi connectivity index (χ0n) is 21.7. The molecular formula is C29H45NO4. The number of aliphatic carboxylic acids is 1. The van der Waals surface area contributed by atoms with Crippen LogP contribution in [0.2, 0.25) is 0 Å². The van der Waals surface area contributed by atoms with Gasteiger partial charge in [-0.3, -0.25) is 9.69 Å². The molecule has 2 aromatic rings. The number of benzene rings is 2. The second-order valence-corrected chi connectivity index (χ2v) is 9.43. The SMILES string of the molecule is CC(C)N(CC[C@H](c1ccccc1)c1cc(CO)ccc1O)C(C)C.CCCCCCC(=O)O. The number of nitrogens with zero attached hydrogens (tertiary/aromatic N) is 1. The number of carbonyl (C=O) groups is 1. The molecule has 0 saturated heterocycles. The van der Waals surface area contributed by atoms with Gasteiger partial charge in [0.2, 0.25) is 0 Å². The standard InChI is InChI=1S/C22H31NO2.C7H14O2/c1-16(2)23(17(3)4)13-12-20(19-8-6-5-7-9-19)21-14-18(15-24)10-11-22(21)25;1-2-3-4-5-6-7(8)9/h5-11,14,16-17,20,24-25H,12-13,15H2,1-4H3;2-6H2,1H3,(H,8,9)/t20-;/m1./s1. The van der Waals surface area contributed by atoms with Crippen LogP contribution in [0.3, 0.4) is 0 Å². The van der Waals surface area contributed by atoms with E-state index in [4.69, 9.17) is 5.11 Å². The van der Waals surface area contributed by atoms with Gasteiger partial charge in [-0.1, -0.05) is 62.6 Å². The lowest BCUT2D eigenvalue weighted by atomic mass is 9.86. The highest BCUT2D eigenvalue weighted by Gasteiger charge is 2.21. The Labute approximate surface area is 206 Å². The summed E-state index contributed by atoms with van der Waals surface area (Å²) in [6.45, 7) is 11.9. The minimum absolute atomic E-state index is 0.0150. The van der Waals surface area contributed by atoms with E-state index >= 15 is 0 Å². The fraction of sp³-hybridized carbons (Fsp3) is 0.552. The topological polar surface area (TPSA) is 81.0 Å². The molecule has 2 rings (SSSR count). The van der Waals surface area contributed by atoms with Gasteiger partial charge in [0.25, 0.3) is 0 Å². The lowest BCUT2D eigenvalue weighted by Gasteiger charge is -2.32. The lowest BCUT2D eigenvalue weighted by Crippen LogP contribution is -2.38. The first-order valence-corrected chi connectivity index (χ1v) is 12.7. The third kappa shape index (κ3) is 10.7. The number of aliphatic hydroxyl groups is 1. The number of unbranched alkanes of at least 4 members (excludes halogenated alkanes) is 3. The van der Waals surface area contributed by atoms with Gasteiger partial charge in [0.1, 0.15) is 5.75 Å². The van der Waals surface area contributed by atoms with E-state index in [0.29, 0.717) is 24.3 Å². The molecule has 0 heterocycles. The number of phenolic OH excluding ortho intramolecular Hbond substituents is 1. The number of carboxylic acids is 1. The molecule has 0 aliphatic heterocycles. The third-order valence-corrected chi connectivity index (χ3v) is 6.10. The minimum atomic E-state index is -0.675. The van der Waals surface area contributed by atoms with Crippen molar-refractivity contribution in [2.45, 2.75) is 97.8 Å². The van der Waals surface area contributed by atoms with Gasteiger partial charge in [0.15, 0.2) is 0 Å². The van der Waals surface area contributed by atoms with Gasteiger partial charge in [-0.25, -0.2) is 0 Å². The van der Waals surface area contributed by atoms with Gasteiger partial charge in [0, 0.05) is 30.0 Å². The summed E-state index contributed by atoms with van der Waals surface area (Å²) in [5.74, 6) is -0.273. The van der Waals surface area contributed by atoms with Gasteiger partial charge in [0.05, 0.1) is 6.61 Å². The monoisotopic (exact) mass is 471 g/mol. The maximum Gasteiger partial charge on any atom is 0.303 e. The van der Waals surface area contributed by atoms with E-state index < -0.39 is 5.97 Å². The summed E-state index contributed by atoms with van der Waals surface area (Å²) in [6.07, 6.45) is 5.47. The number of hydrogen-bond donors (Lipinski definition) is 3. The summed E-state index contributed by atoms with van der Waals surface area (Å²) in [5.41, 5.74) is 2.92.